The molecule has 0 saturated carbocycles. The molecule has 0 spiro atoms. The normalized spacial score (nSPS) is 11.1. The minimum absolute atomic E-state index is 0.671. The molecule has 0 aliphatic heterocycles. The van der Waals surface area contributed by atoms with Gasteiger partial charge in [0.05, 0.1) is 12.1 Å². The van der Waals surface area contributed by atoms with Gasteiger partial charge in [-0.25, -0.2) is 0 Å². The van der Waals surface area contributed by atoms with Gasteiger partial charge in [0.25, 0.3) is 0 Å². The van der Waals surface area contributed by atoms with E-state index in [0.29, 0.717) is 5.02 Å². The highest BCUT2D eigenvalue weighted by molar-refractivity contribution is 6.32. The Morgan fingerprint density at radius 3 is 2.65 bits per heavy atom. The maximum absolute atomic E-state index is 6.05. The van der Waals surface area contributed by atoms with Crippen LogP contribution in [0.25, 0.3) is 0 Å². The van der Waals surface area contributed by atoms with Crippen LogP contribution in [0.3, 0.4) is 0 Å². The molecule has 4 heteroatoms. The quantitative estimate of drug-likeness (QED) is 0.673. The highest BCUT2D eigenvalue weighted by Crippen LogP contribution is 2.25. The van der Waals surface area contributed by atoms with Crippen LogP contribution in [0.2, 0.25) is 5.02 Å². The smallest absolute Gasteiger partial charge is 0.137 e. The van der Waals surface area contributed by atoms with Gasteiger partial charge in [-0.3, -0.25) is 0 Å². The van der Waals surface area contributed by atoms with Gasteiger partial charge in [-0.15, -0.1) is 0 Å². The van der Waals surface area contributed by atoms with Gasteiger partial charge >= 0.3 is 0 Å². The van der Waals surface area contributed by atoms with E-state index in [-0.39, 0.29) is 0 Å². The fourth-order valence-corrected chi connectivity index (χ4v) is 2.47. The van der Waals surface area contributed by atoms with E-state index in [1.165, 1.54) is 18.4 Å². The average Bonchev–Trinajstić information content (AvgIpc) is 2.46. The highest BCUT2D eigenvalue weighted by atomic mass is 35.5. The second kappa shape index (κ2) is 10.0. The summed E-state index contributed by atoms with van der Waals surface area (Å²) in [7, 11) is 1.65. The van der Waals surface area contributed by atoms with E-state index in [2.05, 4.69) is 17.9 Å². The Balaban J connectivity index is 2.49. The molecule has 0 aliphatic rings. The lowest BCUT2D eigenvalue weighted by Crippen LogP contribution is -2.28. The van der Waals surface area contributed by atoms with Crippen LogP contribution in [-0.2, 0) is 6.42 Å². The fourth-order valence-electron chi connectivity index (χ4n) is 2.28. The molecule has 0 radical (unpaired) electrons. The number of nitrogens with zero attached hydrogens (tertiary/aromatic N) is 1. The number of hydrogen-bond donors (Lipinski definition) is 1. The van der Waals surface area contributed by atoms with Crippen molar-refractivity contribution < 1.29 is 4.74 Å². The standard InChI is InChI=1S/C16H27ClN2O/c1-3-10-19(11-5-4-9-18)12-8-14-6-7-15(17)16(13-14)20-2/h6-7,13H,3-5,8-12,18H2,1-2H3. The Hall–Kier alpha value is -0.770. The number of hydrogen-bond acceptors (Lipinski definition) is 3. The molecule has 20 heavy (non-hydrogen) atoms. The van der Waals surface area contributed by atoms with Gasteiger partial charge in [-0.05, 0) is 63.0 Å². The summed E-state index contributed by atoms with van der Waals surface area (Å²) in [6, 6.07) is 6.02. The first kappa shape index (κ1) is 17.3. The summed E-state index contributed by atoms with van der Waals surface area (Å²) in [6.07, 6.45) is 4.50. The monoisotopic (exact) mass is 298 g/mol. The SMILES string of the molecule is CCCN(CCCCN)CCc1ccc(Cl)c(OC)c1. The molecule has 0 heterocycles. The predicted octanol–water partition coefficient (Wildman–Crippen LogP) is 3.34. The van der Waals surface area contributed by atoms with Crippen LogP contribution in [0.4, 0.5) is 0 Å². The number of rotatable bonds is 10. The third-order valence-corrected chi connectivity index (χ3v) is 3.71. The van der Waals surface area contributed by atoms with Crippen molar-refractivity contribution in [2.45, 2.75) is 32.6 Å². The minimum atomic E-state index is 0.671. The van der Waals surface area contributed by atoms with Gasteiger partial charge in [0.15, 0.2) is 0 Å². The maximum Gasteiger partial charge on any atom is 0.137 e. The van der Waals surface area contributed by atoms with Crippen molar-refractivity contribution >= 4 is 11.6 Å². The first-order valence-corrected chi connectivity index (χ1v) is 7.83. The van der Waals surface area contributed by atoms with Crippen LogP contribution < -0.4 is 10.5 Å². The summed E-state index contributed by atoms with van der Waals surface area (Å²) < 4.78 is 5.26. The van der Waals surface area contributed by atoms with Gasteiger partial charge in [-0.1, -0.05) is 24.6 Å². The molecule has 0 aromatic heterocycles. The third kappa shape index (κ3) is 6.12. The first-order chi connectivity index (χ1) is 9.71. The number of halogens is 1. The minimum Gasteiger partial charge on any atom is -0.495 e. The van der Waals surface area contributed by atoms with E-state index >= 15 is 0 Å². The average molecular weight is 299 g/mol. The Bertz CT molecular complexity index is 385. The van der Waals surface area contributed by atoms with E-state index in [0.717, 1.165) is 44.8 Å². The van der Waals surface area contributed by atoms with Crippen molar-refractivity contribution in [2.24, 2.45) is 5.73 Å². The summed E-state index contributed by atoms with van der Waals surface area (Å²) in [6.45, 7) is 6.36. The molecule has 1 aromatic rings. The lowest BCUT2D eigenvalue weighted by Gasteiger charge is -2.21. The summed E-state index contributed by atoms with van der Waals surface area (Å²) >= 11 is 6.05. The zero-order chi connectivity index (χ0) is 14.8. The van der Waals surface area contributed by atoms with Crippen LogP contribution in [0.1, 0.15) is 31.7 Å². The van der Waals surface area contributed by atoms with Crippen molar-refractivity contribution in [2.75, 3.05) is 33.3 Å². The number of benzene rings is 1. The number of nitrogens with two attached hydrogens (primary N) is 1. The van der Waals surface area contributed by atoms with Crippen LogP contribution in [-0.4, -0.2) is 38.2 Å². The molecule has 0 fully saturated rings. The lowest BCUT2D eigenvalue weighted by atomic mass is 10.1. The van der Waals surface area contributed by atoms with Crippen molar-refractivity contribution in [3.05, 3.63) is 28.8 Å². The van der Waals surface area contributed by atoms with Gasteiger partial charge in [0.2, 0.25) is 0 Å². The van der Waals surface area contributed by atoms with Gasteiger partial charge in [-0.2, -0.15) is 0 Å². The second-order valence-electron chi connectivity index (χ2n) is 5.06. The second-order valence-corrected chi connectivity index (χ2v) is 5.46. The maximum atomic E-state index is 6.05. The van der Waals surface area contributed by atoms with E-state index in [1.54, 1.807) is 7.11 Å². The Morgan fingerprint density at radius 2 is 2.00 bits per heavy atom. The topological polar surface area (TPSA) is 38.5 Å². The Morgan fingerprint density at radius 1 is 1.20 bits per heavy atom. The zero-order valence-corrected chi connectivity index (χ0v) is 13.5. The molecule has 0 amide bonds. The first-order valence-electron chi connectivity index (χ1n) is 7.46. The molecule has 3 nitrogen and oxygen atoms in total. The van der Waals surface area contributed by atoms with Crippen molar-refractivity contribution in [3.8, 4) is 5.75 Å². The van der Waals surface area contributed by atoms with E-state index in [4.69, 9.17) is 22.1 Å². The lowest BCUT2D eigenvalue weighted by molar-refractivity contribution is 0.272. The molecule has 1 rings (SSSR count). The number of methoxy groups -OCH3 is 1. The fraction of sp³-hybridized carbons (Fsp3) is 0.625. The van der Waals surface area contributed by atoms with Crippen LogP contribution >= 0.6 is 11.6 Å². The van der Waals surface area contributed by atoms with Gasteiger partial charge in [0, 0.05) is 6.54 Å². The summed E-state index contributed by atoms with van der Waals surface area (Å²) in [5.41, 5.74) is 6.82. The molecule has 0 bridgehead atoms. The molecule has 1 aromatic carbocycles. The number of unbranched alkanes of at least 4 members (excludes halogenated alkanes) is 1. The van der Waals surface area contributed by atoms with Crippen molar-refractivity contribution in [1.29, 1.82) is 0 Å². The number of ether oxygens (including phenoxy) is 1. The zero-order valence-electron chi connectivity index (χ0n) is 12.7. The molecule has 0 unspecified atom stereocenters. The molecular formula is C16H27ClN2O. The highest BCUT2D eigenvalue weighted by Gasteiger charge is 2.06. The Kier molecular flexibility index (Phi) is 8.67. The third-order valence-electron chi connectivity index (χ3n) is 3.40. The molecule has 0 saturated heterocycles. The molecular weight excluding hydrogens is 272 g/mol. The predicted molar refractivity (Wildman–Crippen MR) is 86.7 cm³/mol. The van der Waals surface area contributed by atoms with E-state index in [9.17, 15) is 0 Å². The molecule has 114 valence electrons. The van der Waals surface area contributed by atoms with Crippen LogP contribution in [0, 0.1) is 0 Å². The summed E-state index contributed by atoms with van der Waals surface area (Å²) in [5.74, 6) is 0.759. The summed E-state index contributed by atoms with van der Waals surface area (Å²) in [5, 5.41) is 0.671. The summed E-state index contributed by atoms with van der Waals surface area (Å²) in [4.78, 5) is 2.51. The van der Waals surface area contributed by atoms with Gasteiger partial charge < -0.3 is 15.4 Å². The van der Waals surface area contributed by atoms with Crippen LogP contribution in [0.5, 0.6) is 5.75 Å². The molecule has 0 aliphatic carbocycles. The largest absolute Gasteiger partial charge is 0.495 e. The van der Waals surface area contributed by atoms with Crippen molar-refractivity contribution in [3.63, 3.8) is 0 Å². The van der Waals surface area contributed by atoms with Crippen molar-refractivity contribution in [1.82, 2.24) is 4.90 Å². The Labute approximate surface area is 128 Å². The molecule has 2 N–H and O–H groups in total. The molecule has 0 atom stereocenters. The van der Waals surface area contributed by atoms with Gasteiger partial charge in [0.1, 0.15) is 5.75 Å². The van der Waals surface area contributed by atoms with E-state index in [1.807, 2.05) is 12.1 Å². The van der Waals surface area contributed by atoms with E-state index < -0.39 is 0 Å². The van der Waals surface area contributed by atoms with Crippen LogP contribution in [0.15, 0.2) is 18.2 Å².